The van der Waals surface area contributed by atoms with Crippen molar-refractivity contribution in [1.82, 2.24) is 19.9 Å². The predicted octanol–water partition coefficient (Wildman–Crippen LogP) is 5.17. The first-order valence-corrected chi connectivity index (χ1v) is 19.5. The van der Waals surface area contributed by atoms with Gasteiger partial charge in [-0.3, -0.25) is 19.1 Å². The maximum atomic E-state index is 14.5. The van der Waals surface area contributed by atoms with E-state index in [4.69, 9.17) is 16.3 Å². The summed E-state index contributed by atoms with van der Waals surface area (Å²) in [6, 6.07) is 13.2. The molecule has 3 N–H and O–H groups in total. The molecule has 0 spiro atoms. The predicted molar refractivity (Wildman–Crippen MR) is 189 cm³/mol. The van der Waals surface area contributed by atoms with E-state index in [0.29, 0.717) is 35.2 Å². The normalized spacial score (nSPS) is 29.1. The van der Waals surface area contributed by atoms with Gasteiger partial charge in [0.1, 0.15) is 23.7 Å². The number of rotatable bonds is 7. The summed E-state index contributed by atoms with van der Waals surface area (Å²) in [6.45, 7) is 1.75. The van der Waals surface area contributed by atoms with E-state index >= 15 is 0 Å². The lowest BCUT2D eigenvalue weighted by molar-refractivity contribution is -0.140. The zero-order valence-corrected chi connectivity index (χ0v) is 29.6. The lowest BCUT2D eigenvalue weighted by Gasteiger charge is -2.30. The number of carbonyl (C=O) groups excluding carboxylic acids is 3. The second-order valence-electron chi connectivity index (χ2n) is 13.9. The van der Waals surface area contributed by atoms with Gasteiger partial charge in [0, 0.05) is 23.0 Å². The standard InChI is InChI=1S/C35H40ClN5O6S2/c1-34(16-17-34)49(45,46)40-32(44)35-20-22(35)10-5-3-2-4-6-14-27(37-24-12-9-11-23(36)18-24)31(43)41-21-25(19-28(41)30(42)39-35)47-33-38-26-13-7-8-15-29(26)48-33/h5,7-13,15,18,22,25,27-28,37H,2-4,6,14,16-17,19-21H2,1H3,(H,39,42)(H,40,44)/b10-5-/t22-,25-,27+,28+,35-/m1/s1. The van der Waals surface area contributed by atoms with Crippen LogP contribution in [-0.2, 0) is 24.4 Å². The van der Waals surface area contributed by atoms with Gasteiger partial charge in [0.25, 0.3) is 11.1 Å². The molecule has 3 heterocycles. The Morgan fingerprint density at radius 2 is 1.94 bits per heavy atom. The first-order chi connectivity index (χ1) is 23.5. The molecule has 1 saturated heterocycles. The van der Waals surface area contributed by atoms with E-state index in [0.717, 1.165) is 35.9 Å². The quantitative estimate of drug-likeness (QED) is 0.283. The highest BCUT2D eigenvalue weighted by molar-refractivity contribution is 7.91. The van der Waals surface area contributed by atoms with Crippen LogP contribution in [0.1, 0.15) is 64.7 Å². The highest BCUT2D eigenvalue weighted by Gasteiger charge is 2.63. The van der Waals surface area contributed by atoms with Crippen molar-refractivity contribution in [2.45, 2.75) is 93.2 Å². The van der Waals surface area contributed by atoms with Crippen LogP contribution in [0.2, 0.25) is 5.02 Å². The number of ether oxygens (including phenoxy) is 1. The summed E-state index contributed by atoms with van der Waals surface area (Å²) in [5.41, 5.74) is 0.0486. The Morgan fingerprint density at radius 3 is 2.71 bits per heavy atom. The Bertz CT molecular complexity index is 1880. The van der Waals surface area contributed by atoms with Crippen molar-refractivity contribution in [3.05, 3.63) is 65.7 Å². The molecule has 14 heteroatoms. The molecule has 3 fully saturated rings. The number of allylic oxidation sites excluding steroid dienone is 1. The number of hydrogen-bond acceptors (Lipinski definition) is 9. The number of hydrogen-bond donors (Lipinski definition) is 3. The number of benzene rings is 2. The van der Waals surface area contributed by atoms with Crippen LogP contribution in [0.25, 0.3) is 10.2 Å². The molecular formula is C35H40ClN5O6S2. The SMILES string of the molecule is CC1(S(=O)(=O)NC(=O)[C@@]23C[C@H]2/C=C\CCCCC[C@H](Nc2cccc(Cl)c2)C(=O)N2C[C@H](Oc4nc5ccccc5s4)C[C@H]2C(=O)N3)CC1. The Labute approximate surface area is 294 Å². The Kier molecular flexibility index (Phi) is 9.12. The van der Waals surface area contributed by atoms with Crippen molar-refractivity contribution in [3.8, 4) is 5.19 Å². The van der Waals surface area contributed by atoms with Crippen molar-refractivity contribution in [2.24, 2.45) is 5.92 Å². The fraction of sp³-hybridized carbons (Fsp3) is 0.486. The third-order valence-corrected chi connectivity index (χ3v) is 13.5. The Hall–Kier alpha value is -3.68. The van der Waals surface area contributed by atoms with Gasteiger partial charge in [0.15, 0.2) is 0 Å². The summed E-state index contributed by atoms with van der Waals surface area (Å²) >= 11 is 7.66. The number of amides is 3. The van der Waals surface area contributed by atoms with Crippen LogP contribution in [0.15, 0.2) is 60.7 Å². The minimum Gasteiger partial charge on any atom is -0.465 e. The fourth-order valence-corrected chi connectivity index (χ4v) is 9.15. The monoisotopic (exact) mass is 725 g/mol. The van der Waals surface area contributed by atoms with Gasteiger partial charge in [-0.25, -0.2) is 13.4 Å². The van der Waals surface area contributed by atoms with Gasteiger partial charge in [0.2, 0.25) is 21.8 Å². The first-order valence-electron chi connectivity index (χ1n) is 16.9. The molecule has 3 amide bonds. The number of thiazole rings is 1. The number of fused-ring (bicyclic) bond motifs is 3. The van der Waals surface area contributed by atoms with Crippen LogP contribution in [0.5, 0.6) is 5.19 Å². The maximum Gasteiger partial charge on any atom is 0.274 e. The third kappa shape index (κ3) is 7.02. The van der Waals surface area contributed by atoms with Gasteiger partial charge in [-0.1, -0.05) is 66.1 Å². The van der Waals surface area contributed by atoms with Crippen LogP contribution >= 0.6 is 22.9 Å². The summed E-state index contributed by atoms with van der Waals surface area (Å²) in [6.07, 6.45) is 8.57. The molecule has 2 aliphatic carbocycles. The number of anilines is 1. The average Bonchev–Trinajstić information content (AvgIpc) is 3.87. The van der Waals surface area contributed by atoms with Gasteiger partial charge < -0.3 is 20.3 Å². The largest absolute Gasteiger partial charge is 0.465 e. The minimum absolute atomic E-state index is 0.135. The molecule has 0 unspecified atom stereocenters. The lowest BCUT2D eigenvalue weighted by atomic mass is 10.0. The number of nitrogens with zero attached hydrogens (tertiary/aromatic N) is 2. The molecule has 260 valence electrons. The molecule has 4 aliphatic rings. The van der Waals surface area contributed by atoms with Gasteiger partial charge in [-0.15, -0.1) is 0 Å². The van der Waals surface area contributed by atoms with E-state index in [9.17, 15) is 22.8 Å². The van der Waals surface area contributed by atoms with Gasteiger partial charge in [0.05, 0.1) is 21.5 Å². The van der Waals surface area contributed by atoms with Gasteiger partial charge in [-0.05, 0) is 75.8 Å². The second-order valence-corrected chi connectivity index (χ2v) is 17.5. The van der Waals surface area contributed by atoms with E-state index < -0.39 is 50.3 Å². The molecule has 2 saturated carbocycles. The van der Waals surface area contributed by atoms with E-state index in [1.54, 1.807) is 19.1 Å². The molecule has 7 rings (SSSR count). The summed E-state index contributed by atoms with van der Waals surface area (Å²) < 4.78 is 34.7. The smallest absolute Gasteiger partial charge is 0.274 e. The van der Waals surface area contributed by atoms with Crippen molar-refractivity contribution in [1.29, 1.82) is 0 Å². The van der Waals surface area contributed by atoms with Crippen molar-refractivity contribution in [3.63, 3.8) is 0 Å². The zero-order valence-electron chi connectivity index (χ0n) is 27.2. The number of aromatic nitrogens is 1. The van der Waals surface area contributed by atoms with Gasteiger partial charge >= 0.3 is 0 Å². The van der Waals surface area contributed by atoms with Crippen LogP contribution in [0.4, 0.5) is 5.69 Å². The fourth-order valence-electron chi connectivity index (χ4n) is 6.77. The van der Waals surface area contributed by atoms with Crippen LogP contribution < -0.4 is 20.1 Å². The minimum atomic E-state index is -3.93. The maximum absolute atomic E-state index is 14.5. The summed E-state index contributed by atoms with van der Waals surface area (Å²) in [5.74, 6) is -1.91. The Morgan fingerprint density at radius 1 is 1.12 bits per heavy atom. The summed E-state index contributed by atoms with van der Waals surface area (Å²) in [5, 5.41) is 7.27. The van der Waals surface area contributed by atoms with E-state index in [2.05, 4.69) is 20.3 Å². The molecule has 11 nitrogen and oxygen atoms in total. The van der Waals surface area contributed by atoms with Gasteiger partial charge in [-0.2, -0.15) is 0 Å². The molecule has 2 aliphatic heterocycles. The number of sulfonamides is 1. The Balaban J connectivity index is 1.18. The average molecular weight is 726 g/mol. The lowest BCUT2D eigenvalue weighted by Crippen LogP contribution is -2.58. The third-order valence-electron chi connectivity index (χ3n) is 10.2. The second kappa shape index (κ2) is 13.2. The molecule has 3 aromatic rings. The molecule has 0 radical (unpaired) electrons. The topological polar surface area (TPSA) is 147 Å². The number of carbonyl (C=O) groups is 3. The number of halogens is 1. The van der Waals surface area contributed by atoms with Crippen LogP contribution in [0.3, 0.4) is 0 Å². The molecular weight excluding hydrogens is 686 g/mol. The molecule has 5 atom stereocenters. The molecule has 1 aromatic heterocycles. The summed E-state index contributed by atoms with van der Waals surface area (Å²) in [4.78, 5) is 48.6. The van der Waals surface area contributed by atoms with E-state index in [1.807, 2.05) is 48.6 Å². The summed E-state index contributed by atoms with van der Waals surface area (Å²) in [7, 11) is -3.93. The van der Waals surface area contributed by atoms with Crippen molar-refractivity contribution < 1.29 is 27.5 Å². The van der Waals surface area contributed by atoms with Crippen molar-refractivity contribution >= 4 is 66.6 Å². The highest BCUT2D eigenvalue weighted by Crippen LogP contribution is 2.47. The zero-order chi connectivity index (χ0) is 34.4. The first kappa shape index (κ1) is 33.8. The van der Waals surface area contributed by atoms with Crippen molar-refractivity contribution in [2.75, 3.05) is 11.9 Å². The molecule has 2 aromatic carbocycles. The number of para-hydroxylation sites is 1. The van der Waals surface area contributed by atoms with E-state index in [-0.39, 0.29) is 31.2 Å². The number of nitrogens with one attached hydrogen (secondary N) is 3. The van der Waals surface area contributed by atoms with E-state index in [1.165, 1.54) is 16.2 Å². The molecule has 0 bridgehead atoms. The van der Waals surface area contributed by atoms with Crippen LogP contribution in [0, 0.1) is 5.92 Å². The highest BCUT2D eigenvalue weighted by atomic mass is 35.5. The van der Waals surface area contributed by atoms with Crippen LogP contribution in [-0.4, -0.2) is 71.0 Å². The molecule has 49 heavy (non-hydrogen) atoms.